The number of amides is 1. The van der Waals surface area contributed by atoms with Crippen LogP contribution >= 0.6 is 0 Å². The van der Waals surface area contributed by atoms with Crippen molar-refractivity contribution in [3.63, 3.8) is 0 Å². The quantitative estimate of drug-likeness (QED) is 0.734. The number of hydrogen-bond acceptors (Lipinski definition) is 6. The van der Waals surface area contributed by atoms with Crippen molar-refractivity contribution in [1.29, 1.82) is 0 Å². The summed E-state index contributed by atoms with van der Waals surface area (Å²) in [5.74, 6) is 0.790. The van der Waals surface area contributed by atoms with Crippen LogP contribution in [-0.4, -0.2) is 58.8 Å². The number of hydrogen-bond donors (Lipinski definition) is 3. The molecule has 0 radical (unpaired) electrons. The molecule has 138 valence electrons. The molecule has 3 N–H and O–H groups in total. The number of anilines is 1. The van der Waals surface area contributed by atoms with Gasteiger partial charge < -0.3 is 20.6 Å². The Balaban J connectivity index is 1.71. The standard InChI is InChI=1S/C18H29N5O2/c1-11-12(2)20-15(17(24)19-4)22-16(11)23-9-6-14(10-23)21-13(3)18(25)7-5-8-18/h13-14,21,25H,5-10H2,1-4H3,(H,19,24)/t13?,14-/m1/s1. The van der Waals surface area contributed by atoms with Gasteiger partial charge in [-0.1, -0.05) is 0 Å². The van der Waals surface area contributed by atoms with Gasteiger partial charge in [-0.25, -0.2) is 9.97 Å². The van der Waals surface area contributed by atoms with E-state index < -0.39 is 5.60 Å². The van der Waals surface area contributed by atoms with Crippen LogP contribution in [0, 0.1) is 13.8 Å². The molecule has 3 rings (SSSR count). The van der Waals surface area contributed by atoms with Gasteiger partial charge in [0.15, 0.2) is 0 Å². The third-order valence-corrected chi connectivity index (χ3v) is 5.79. The Hall–Kier alpha value is -1.73. The summed E-state index contributed by atoms with van der Waals surface area (Å²) in [5.41, 5.74) is 1.30. The van der Waals surface area contributed by atoms with E-state index in [2.05, 4.69) is 32.4 Å². The predicted molar refractivity (Wildman–Crippen MR) is 96.9 cm³/mol. The maximum absolute atomic E-state index is 11.9. The Labute approximate surface area is 149 Å². The third-order valence-electron chi connectivity index (χ3n) is 5.79. The van der Waals surface area contributed by atoms with Gasteiger partial charge in [0.1, 0.15) is 5.82 Å². The fraction of sp³-hybridized carbons (Fsp3) is 0.722. The van der Waals surface area contributed by atoms with Crippen molar-refractivity contribution in [3.05, 3.63) is 17.1 Å². The Morgan fingerprint density at radius 3 is 2.68 bits per heavy atom. The Morgan fingerprint density at radius 1 is 1.36 bits per heavy atom. The zero-order chi connectivity index (χ0) is 18.2. The first kappa shape index (κ1) is 18.1. The van der Waals surface area contributed by atoms with E-state index in [4.69, 9.17) is 0 Å². The van der Waals surface area contributed by atoms with Gasteiger partial charge in [0, 0.05) is 43.5 Å². The molecule has 2 aliphatic rings. The van der Waals surface area contributed by atoms with Crippen LogP contribution in [0.15, 0.2) is 0 Å². The van der Waals surface area contributed by atoms with Gasteiger partial charge in [0.05, 0.1) is 5.60 Å². The molecule has 1 aliphatic heterocycles. The molecule has 1 saturated heterocycles. The van der Waals surface area contributed by atoms with E-state index >= 15 is 0 Å². The number of nitrogens with one attached hydrogen (secondary N) is 2. The van der Waals surface area contributed by atoms with Gasteiger partial charge in [-0.15, -0.1) is 0 Å². The maximum atomic E-state index is 11.9. The summed E-state index contributed by atoms with van der Waals surface area (Å²) in [6, 6.07) is 0.415. The van der Waals surface area contributed by atoms with Crippen molar-refractivity contribution in [2.24, 2.45) is 0 Å². The highest BCUT2D eigenvalue weighted by molar-refractivity contribution is 5.90. The SMILES string of the molecule is CNC(=O)c1nc(C)c(C)c(N2CC[C@@H](NC(C)C3(O)CCC3)C2)n1. The summed E-state index contributed by atoms with van der Waals surface area (Å²) in [6.45, 7) is 7.69. The largest absolute Gasteiger partial charge is 0.388 e. The molecule has 1 unspecified atom stereocenters. The minimum absolute atomic E-state index is 0.0980. The molecule has 1 aromatic rings. The van der Waals surface area contributed by atoms with E-state index in [0.717, 1.165) is 55.8 Å². The number of rotatable bonds is 5. The lowest BCUT2D eigenvalue weighted by atomic mass is 9.75. The maximum Gasteiger partial charge on any atom is 0.288 e. The number of aryl methyl sites for hydroxylation is 1. The molecule has 1 saturated carbocycles. The first-order valence-electron chi connectivity index (χ1n) is 9.15. The summed E-state index contributed by atoms with van der Waals surface area (Å²) < 4.78 is 0. The molecule has 1 aromatic heterocycles. The molecular weight excluding hydrogens is 318 g/mol. The second-order valence-corrected chi connectivity index (χ2v) is 7.44. The van der Waals surface area contributed by atoms with Crippen molar-refractivity contribution in [1.82, 2.24) is 20.6 Å². The highest BCUT2D eigenvalue weighted by Crippen LogP contribution is 2.35. The van der Waals surface area contributed by atoms with Gasteiger partial charge in [-0.3, -0.25) is 4.79 Å². The zero-order valence-corrected chi connectivity index (χ0v) is 15.6. The average Bonchev–Trinajstić information content (AvgIpc) is 3.02. The van der Waals surface area contributed by atoms with Crippen molar-refractivity contribution in [3.8, 4) is 0 Å². The molecule has 2 heterocycles. The summed E-state index contributed by atoms with van der Waals surface area (Å²) >= 11 is 0. The molecule has 1 aliphatic carbocycles. The number of nitrogens with zero attached hydrogens (tertiary/aromatic N) is 3. The molecule has 7 heteroatoms. The number of aliphatic hydroxyl groups is 1. The topological polar surface area (TPSA) is 90.4 Å². The Bertz CT molecular complexity index is 659. The molecular formula is C18H29N5O2. The predicted octanol–water partition coefficient (Wildman–Crippen LogP) is 0.925. The van der Waals surface area contributed by atoms with Crippen LogP contribution in [0.4, 0.5) is 5.82 Å². The van der Waals surface area contributed by atoms with Gasteiger partial charge in [0.25, 0.3) is 5.91 Å². The lowest BCUT2D eigenvalue weighted by Gasteiger charge is -2.43. The zero-order valence-electron chi connectivity index (χ0n) is 15.6. The molecule has 7 nitrogen and oxygen atoms in total. The monoisotopic (exact) mass is 347 g/mol. The third kappa shape index (κ3) is 3.48. The minimum atomic E-state index is -0.540. The minimum Gasteiger partial charge on any atom is -0.388 e. The molecule has 2 atom stereocenters. The van der Waals surface area contributed by atoms with Crippen LogP contribution in [0.5, 0.6) is 0 Å². The van der Waals surface area contributed by atoms with Crippen LogP contribution in [0.3, 0.4) is 0 Å². The summed E-state index contributed by atoms with van der Waals surface area (Å²) in [5, 5.41) is 16.7. The van der Waals surface area contributed by atoms with Crippen molar-refractivity contribution < 1.29 is 9.90 Å². The fourth-order valence-corrected chi connectivity index (χ4v) is 3.70. The first-order valence-corrected chi connectivity index (χ1v) is 9.15. The smallest absolute Gasteiger partial charge is 0.288 e. The molecule has 2 fully saturated rings. The lowest BCUT2D eigenvalue weighted by molar-refractivity contribution is -0.0620. The highest BCUT2D eigenvalue weighted by atomic mass is 16.3. The molecule has 1 amide bonds. The van der Waals surface area contributed by atoms with Crippen molar-refractivity contribution in [2.75, 3.05) is 25.0 Å². The van der Waals surface area contributed by atoms with Gasteiger partial charge >= 0.3 is 0 Å². The van der Waals surface area contributed by atoms with E-state index in [9.17, 15) is 9.90 Å². The second-order valence-electron chi connectivity index (χ2n) is 7.44. The van der Waals surface area contributed by atoms with Crippen LogP contribution in [0.25, 0.3) is 0 Å². The van der Waals surface area contributed by atoms with E-state index in [1.165, 1.54) is 0 Å². The Kier molecular flexibility index (Phi) is 4.97. The van der Waals surface area contributed by atoms with Gasteiger partial charge in [0.2, 0.25) is 5.82 Å². The highest BCUT2D eigenvalue weighted by Gasteiger charge is 2.41. The molecule has 0 bridgehead atoms. The number of carbonyl (C=O) groups excluding carboxylic acids is 1. The fourth-order valence-electron chi connectivity index (χ4n) is 3.70. The normalized spacial score (nSPS) is 23.2. The van der Waals surface area contributed by atoms with Crippen LogP contribution in [0.1, 0.15) is 54.5 Å². The Morgan fingerprint density at radius 2 is 2.08 bits per heavy atom. The first-order chi connectivity index (χ1) is 11.8. The number of carbonyl (C=O) groups is 1. The van der Waals surface area contributed by atoms with Crippen LogP contribution in [0.2, 0.25) is 0 Å². The van der Waals surface area contributed by atoms with Crippen LogP contribution < -0.4 is 15.5 Å². The van der Waals surface area contributed by atoms with Crippen molar-refractivity contribution in [2.45, 2.75) is 64.1 Å². The van der Waals surface area contributed by atoms with E-state index in [1.807, 2.05) is 13.8 Å². The summed E-state index contributed by atoms with van der Waals surface area (Å²) in [7, 11) is 1.59. The lowest BCUT2D eigenvalue weighted by Crippen LogP contribution is -2.56. The molecule has 0 spiro atoms. The molecule has 0 aromatic carbocycles. The second kappa shape index (κ2) is 6.88. The average molecular weight is 347 g/mol. The van der Waals surface area contributed by atoms with Gasteiger partial charge in [-0.2, -0.15) is 0 Å². The van der Waals surface area contributed by atoms with E-state index in [0.29, 0.717) is 6.04 Å². The number of aromatic nitrogens is 2. The van der Waals surface area contributed by atoms with Gasteiger partial charge in [-0.05, 0) is 46.5 Å². The van der Waals surface area contributed by atoms with E-state index in [1.54, 1.807) is 7.05 Å². The van der Waals surface area contributed by atoms with Crippen molar-refractivity contribution >= 4 is 11.7 Å². The summed E-state index contributed by atoms with van der Waals surface area (Å²) in [4.78, 5) is 22.9. The van der Waals surface area contributed by atoms with Crippen LogP contribution in [-0.2, 0) is 0 Å². The molecule has 25 heavy (non-hydrogen) atoms. The summed E-state index contributed by atoms with van der Waals surface area (Å²) in [6.07, 6.45) is 3.88. The van der Waals surface area contributed by atoms with E-state index in [-0.39, 0.29) is 17.8 Å².